The highest BCUT2D eigenvalue weighted by atomic mass is 16.7. The van der Waals surface area contributed by atoms with E-state index in [1.54, 1.807) is 18.2 Å². The molecule has 1 aromatic rings. The summed E-state index contributed by atoms with van der Waals surface area (Å²) >= 11 is 0. The summed E-state index contributed by atoms with van der Waals surface area (Å²) in [5, 5.41) is 8.89. The van der Waals surface area contributed by atoms with E-state index in [2.05, 4.69) is 0 Å². The van der Waals surface area contributed by atoms with Crippen LogP contribution in [0.3, 0.4) is 0 Å². The zero-order valence-electron chi connectivity index (χ0n) is 10.4. The molecule has 1 aliphatic rings. The molecule has 1 heterocycles. The maximum absolute atomic E-state index is 10.9. The van der Waals surface area contributed by atoms with Gasteiger partial charge in [-0.2, -0.15) is 0 Å². The van der Waals surface area contributed by atoms with Crippen LogP contribution in [0.4, 0.5) is 0 Å². The molecule has 0 bridgehead atoms. The monoisotopic (exact) mass is 251 g/mol. The van der Waals surface area contributed by atoms with E-state index in [9.17, 15) is 4.79 Å². The second-order valence-corrected chi connectivity index (χ2v) is 4.80. The lowest BCUT2D eigenvalue weighted by Gasteiger charge is -2.17. The Bertz CT molecular complexity index is 458. The molecular formula is C13H17NO4. The van der Waals surface area contributed by atoms with Crippen LogP contribution in [0.15, 0.2) is 24.3 Å². The molecule has 0 radical (unpaired) electrons. The number of aliphatic carboxylic acids is 1. The Kier molecular flexibility index (Phi) is 3.38. The minimum Gasteiger partial charge on any atom is -0.480 e. The first-order valence-electron chi connectivity index (χ1n) is 5.79. The van der Waals surface area contributed by atoms with Gasteiger partial charge in [-0.3, -0.25) is 4.79 Å². The third kappa shape index (κ3) is 2.69. The largest absolute Gasteiger partial charge is 0.480 e. The number of nitrogens with two attached hydrogens (primary N) is 1. The van der Waals surface area contributed by atoms with E-state index >= 15 is 0 Å². The highest BCUT2D eigenvalue weighted by Gasteiger charge is 2.33. The van der Waals surface area contributed by atoms with Crippen molar-refractivity contribution in [1.82, 2.24) is 0 Å². The van der Waals surface area contributed by atoms with E-state index in [-0.39, 0.29) is 6.10 Å². The van der Waals surface area contributed by atoms with Crippen molar-refractivity contribution in [2.75, 3.05) is 6.61 Å². The van der Waals surface area contributed by atoms with Gasteiger partial charge in [-0.25, -0.2) is 0 Å². The average molecular weight is 251 g/mol. The van der Waals surface area contributed by atoms with Crippen LogP contribution in [0.5, 0.6) is 0 Å². The zero-order chi connectivity index (χ0) is 13.3. The quantitative estimate of drug-likeness (QED) is 0.852. The molecule has 1 saturated heterocycles. The molecule has 2 unspecified atom stereocenters. The minimum atomic E-state index is -1.05. The van der Waals surface area contributed by atoms with Crippen LogP contribution in [0.2, 0.25) is 0 Å². The molecule has 1 aromatic carbocycles. The molecule has 0 spiro atoms. The van der Waals surface area contributed by atoms with Gasteiger partial charge in [0.15, 0.2) is 5.79 Å². The summed E-state index contributed by atoms with van der Waals surface area (Å²) in [5.41, 5.74) is 7.03. The normalized spacial score (nSPS) is 23.8. The lowest BCUT2D eigenvalue weighted by Crippen LogP contribution is -2.21. The molecule has 98 valence electrons. The highest BCUT2D eigenvalue weighted by molar-refractivity contribution is 5.75. The van der Waals surface area contributed by atoms with E-state index in [1.807, 2.05) is 19.9 Å². The minimum absolute atomic E-state index is 0.180. The van der Waals surface area contributed by atoms with E-state index in [1.165, 1.54) is 0 Å². The maximum atomic E-state index is 10.9. The SMILES string of the molecule is CC1(C)OCC(c2cccc(C(N)C(=O)O)c2)O1. The Labute approximate surface area is 106 Å². The standard InChI is InChI=1S/C13H17NO4/c1-13(2)17-7-10(18-13)8-4-3-5-9(6-8)11(14)12(15)16/h3-6,10-11H,7,14H2,1-2H3,(H,15,16). The maximum Gasteiger partial charge on any atom is 0.325 e. The first-order valence-corrected chi connectivity index (χ1v) is 5.79. The van der Waals surface area contributed by atoms with Gasteiger partial charge in [0.2, 0.25) is 0 Å². The van der Waals surface area contributed by atoms with Gasteiger partial charge < -0.3 is 20.3 Å². The number of carboxylic acids is 1. The molecule has 5 heteroatoms. The summed E-state index contributed by atoms with van der Waals surface area (Å²) in [4.78, 5) is 10.9. The first-order chi connectivity index (χ1) is 8.39. The number of hydrogen-bond donors (Lipinski definition) is 2. The third-order valence-corrected chi connectivity index (χ3v) is 2.92. The lowest BCUT2D eigenvalue weighted by molar-refractivity contribution is -0.139. The molecular weight excluding hydrogens is 234 g/mol. The average Bonchev–Trinajstić information content (AvgIpc) is 2.69. The highest BCUT2D eigenvalue weighted by Crippen LogP contribution is 2.33. The second kappa shape index (κ2) is 4.68. The van der Waals surface area contributed by atoms with Crippen LogP contribution >= 0.6 is 0 Å². The third-order valence-electron chi connectivity index (χ3n) is 2.92. The summed E-state index contributed by atoms with van der Waals surface area (Å²) in [7, 11) is 0. The van der Waals surface area contributed by atoms with Crippen molar-refractivity contribution in [3.05, 3.63) is 35.4 Å². The van der Waals surface area contributed by atoms with Gasteiger partial charge in [0.25, 0.3) is 0 Å². The molecule has 3 N–H and O–H groups in total. The Morgan fingerprint density at radius 3 is 2.83 bits per heavy atom. The number of carboxylic acid groups (broad SMARTS) is 1. The summed E-state index contributed by atoms with van der Waals surface area (Å²) in [6, 6.07) is 6.10. The van der Waals surface area contributed by atoms with Crippen LogP contribution < -0.4 is 5.73 Å². The molecule has 5 nitrogen and oxygen atoms in total. The summed E-state index contributed by atoms with van der Waals surface area (Å²) in [6.07, 6.45) is -0.180. The van der Waals surface area contributed by atoms with Gasteiger partial charge in [-0.05, 0) is 25.0 Å². The van der Waals surface area contributed by atoms with Crippen molar-refractivity contribution in [3.8, 4) is 0 Å². The zero-order valence-corrected chi connectivity index (χ0v) is 10.4. The number of hydrogen-bond acceptors (Lipinski definition) is 4. The smallest absolute Gasteiger partial charge is 0.325 e. The first kappa shape index (κ1) is 13.0. The molecule has 1 fully saturated rings. The predicted molar refractivity (Wildman–Crippen MR) is 64.9 cm³/mol. The Morgan fingerprint density at radius 2 is 2.28 bits per heavy atom. The molecule has 2 atom stereocenters. The van der Waals surface area contributed by atoms with Crippen molar-refractivity contribution in [2.45, 2.75) is 31.8 Å². The lowest BCUT2D eigenvalue weighted by atomic mass is 10.0. The molecule has 1 aliphatic heterocycles. The molecule has 0 saturated carbocycles. The fraction of sp³-hybridized carbons (Fsp3) is 0.462. The van der Waals surface area contributed by atoms with Gasteiger partial charge >= 0.3 is 5.97 Å². The van der Waals surface area contributed by atoms with E-state index in [0.717, 1.165) is 5.56 Å². The Hall–Kier alpha value is -1.43. The van der Waals surface area contributed by atoms with Gasteiger partial charge in [-0.1, -0.05) is 24.3 Å². The number of carbonyl (C=O) groups is 1. The van der Waals surface area contributed by atoms with Gasteiger partial charge in [-0.15, -0.1) is 0 Å². The fourth-order valence-corrected chi connectivity index (χ4v) is 1.95. The van der Waals surface area contributed by atoms with Crippen LogP contribution in [0.25, 0.3) is 0 Å². The van der Waals surface area contributed by atoms with Crippen molar-refractivity contribution < 1.29 is 19.4 Å². The predicted octanol–water partition coefficient (Wildman–Crippen LogP) is 1.59. The number of ether oxygens (including phenoxy) is 2. The second-order valence-electron chi connectivity index (χ2n) is 4.80. The van der Waals surface area contributed by atoms with Gasteiger partial charge in [0.05, 0.1) is 6.61 Å². The van der Waals surface area contributed by atoms with Crippen LogP contribution in [0, 0.1) is 0 Å². The molecule has 0 amide bonds. The van der Waals surface area contributed by atoms with Crippen LogP contribution in [0.1, 0.15) is 37.1 Å². The van der Waals surface area contributed by atoms with Crippen molar-refractivity contribution >= 4 is 5.97 Å². The van der Waals surface area contributed by atoms with Gasteiger partial charge in [0.1, 0.15) is 12.1 Å². The van der Waals surface area contributed by atoms with Crippen molar-refractivity contribution in [1.29, 1.82) is 0 Å². The van der Waals surface area contributed by atoms with Crippen LogP contribution in [-0.4, -0.2) is 23.5 Å². The van der Waals surface area contributed by atoms with Crippen molar-refractivity contribution in [3.63, 3.8) is 0 Å². The van der Waals surface area contributed by atoms with E-state index < -0.39 is 17.8 Å². The summed E-state index contributed by atoms with van der Waals surface area (Å²) in [5.74, 6) is -1.65. The number of rotatable bonds is 3. The molecule has 2 rings (SSSR count). The number of benzene rings is 1. The molecule has 0 aromatic heterocycles. The summed E-state index contributed by atoms with van der Waals surface area (Å²) < 4.78 is 11.2. The summed E-state index contributed by atoms with van der Waals surface area (Å²) in [6.45, 7) is 4.15. The van der Waals surface area contributed by atoms with E-state index in [0.29, 0.717) is 12.2 Å². The molecule has 18 heavy (non-hydrogen) atoms. The van der Waals surface area contributed by atoms with Gasteiger partial charge in [0, 0.05) is 0 Å². The van der Waals surface area contributed by atoms with Crippen LogP contribution in [-0.2, 0) is 14.3 Å². The topological polar surface area (TPSA) is 81.8 Å². The van der Waals surface area contributed by atoms with Crippen molar-refractivity contribution in [2.24, 2.45) is 5.73 Å². The molecule has 0 aliphatic carbocycles. The fourth-order valence-electron chi connectivity index (χ4n) is 1.95. The Morgan fingerprint density at radius 1 is 1.56 bits per heavy atom. The van der Waals surface area contributed by atoms with E-state index in [4.69, 9.17) is 20.3 Å². The Balaban J connectivity index is 2.20.